The van der Waals surface area contributed by atoms with Crippen molar-refractivity contribution in [3.05, 3.63) is 68.3 Å². The third-order valence-electron chi connectivity index (χ3n) is 7.56. The largest absolute Gasteiger partial charge is 0.0856 e. The Balaban J connectivity index is 2.58. The first-order chi connectivity index (χ1) is 15.4. The third kappa shape index (κ3) is 10.5. The van der Waals surface area contributed by atoms with Gasteiger partial charge in [0.1, 0.15) is 0 Å². The molecule has 33 heavy (non-hydrogen) atoms. The fraction of sp³-hybridized carbons (Fsp3) is 0.625. The van der Waals surface area contributed by atoms with Crippen molar-refractivity contribution in [1.82, 2.24) is 0 Å². The van der Waals surface area contributed by atoms with Gasteiger partial charge in [0.05, 0.1) is 0 Å². The molecule has 0 nitrogen and oxygen atoms in total. The molecule has 186 valence electrons. The molecule has 0 amide bonds. The van der Waals surface area contributed by atoms with Crippen molar-refractivity contribution in [2.45, 2.75) is 125 Å². The molecule has 0 spiro atoms. The number of halogens is 1. The van der Waals surface area contributed by atoms with E-state index in [2.05, 4.69) is 110 Å². The zero-order valence-corrected chi connectivity index (χ0v) is 25.6. The van der Waals surface area contributed by atoms with Crippen LogP contribution in [0, 0.1) is 33.1 Å². The van der Waals surface area contributed by atoms with Crippen LogP contribution in [0.25, 0.3) is 0 Å². The van der Waals surface area contributed by atoms with Crippen LogP contribution in [-0.4, -0.2) is 0 Å². The highest BCUT2D eigenvalue weighted by Gasteiger charge is 2.20. The molecular weight excluding hydrogens is 511 g/mol. The average molecular weight is 563 g/mol. The summed E-state index contributed by atoms with van der Waals surface area (Å²) in [5, 5.41) is 0. The molecule has 1 rings (SSSR count). The van der Waals surface area contributed by atoms with E-state index >= 15 is 0 Å². The molecule has 0 saturated carbocycles. The summed E-state index contributed by atoms with van der Waals surface area (Å²) >= 11 is 2.53. The highest BCUT2D eigenvalue weighted by Crippen LogP contribution is 2.34. The Hall–Kier alpha value is -0.830. The first-order valence-corrected chi connectivity index (χ1v) is 14.5. The van der Waals surface area contributed by atoms with Crippen molar-refractivity contribution >= 4 is 22.6 Å². The van der Waals surface area contributed by atoms with E-state index in [1.165, 1.54) is 79.2 Å². The minimum atomic E-state index is 0.375. The zero-order valence-electron chi connectivity index (χ0n) is 23.5. The lowest BCUT2D eigenvalue weighted by molar-refractivity contribution is 0.310. The first-order valence-electron chi connectivity index (χ1n) is 13.0. The lowest BCUT2D eigenvalue weighted by atomic mass is 9.79. The minimum absolute atomic E-state index is 0.375. The Kier molecular flexibility index (Phi) is 13.3. The third-order valence-corrected chi connectivity index (χ3v) is 8.32. The molecule has 0 saturated heterocycles. The zero-order chi connectivity index (χ0) is 25.2. The fourth-order valence-corrected chi connectivity index (χ4v) is 5.83. The number of hydrogen-bond acceptors (Lipinski definition) is 0. The molecule has 1 heteroatoms. The molecule has 1 aromatic carbocycles. The van der Waals surface area contributed by atoms with Gasteiger partial charge in [-0.3, -0.25) is 0 Å². The topological polar surface area (TPSA) is 0 Å². The summed E-state index contributed by atoms with van der Waals surface area (Å²) in [6.07, 6.45) is 17.0. The molecule has 0 unspecified atom stereocenters. The molecule has 0 atom stereocenters. The minimum Gasteiger partial charge on any atom is -0.0856 e. The molecule has 0 heterocycles. The monoisotopic (exact) mass is 562 g/mol. The van der Waals surface area contributed by atoms with Crippen molar-refractivity contribution in [3.8, 4) is 0 Å². The predicted octanol–water partition coefficient (Wildman–Crippen LogP) is 11.0. The second-order valence-corrected chi connectivity index (χ2v) is 12.0. The molecule has 1 aromatic rings. The average Bonchev–Trinajstić information content (AvgIpc) is 2.72. The maximum absolute atomic E-state index is 2.53. The van der Waals surface area contributed by atoms with Gasteiger partial charge in [-0.05, 0) is 146 Å². The van der Waals surface area contributed by atoms with E-state index in [4.69, 9.17) is 0 Å². The van der Waals surface area contributed by atoms with Gasteiger partial charge in [-0.2, -0.15) is 0 Å². The lowest BCUT2D eigenvalue weighted by Gasteiger charge is -2.26. The molecule has 0 aliphatic rings. The normalized spacial score (nSPS) is 12.9. The summed E-state index contributed by atoms with van der Waals surface area (Å²) in [6.45, 7) is 23.2. The van der Waals surface area contributed by atoms with Crippen LogP contribution in [0.5, 0.6) is 0 Å². The van der Waals surface area contributed by atoms with E-state index in [0.29, 0.717) is 5.41 Å². The molecular formula is C32H51I. The Morgan fingerprint density at radius 3 is 1.73 bits per heavy atom. The maximum atomic E-state index is 2.53. The summed E-state index contributed by atoms with van der Waals surface area (Å²) in [6, 6.07) is 0. The maximum Gasteiger partial charge on any atom is 0.0252 e. The van der Waals surface area contributed by atoms with E-state index in [1.54, 1.807) is 22.3 Å². The molecule has 0 fully saturated rings. The molecule has 0 aliphatic heterocycles. The highest BCUT2D eigenvalue weighted by molar-refractivity contribution is 14.1. The SMILES string of the molecule is CC(C)=CCC/C(C)=C/CC/C(C)=C/CCC(C)(C)CCc1c(C)c(C)c(C)c(CI)c1C. The van der Waals surface area contributed by atoms with E-state index in [-0.39, 0.29) is 0 Å². The lowest BCUT2D eigenvalue weighted by Crippen LogP contribution is -2.14. The van der Waals surface area contributed by atoms with E-state index in [0.717, 1.165) is 4.43 Å². The Labute approximate surface area is 220 Å². The first kappa shape index (κ1) is 30.2. The Morgan fingerprint density at radius 1 is 0.667 bits per heavy atom. The van der Waals surface area contributed by atoms with Crippen molar-refractivity contribution in [3.63, 3.8) is 0 Å². The van der Waals surface area contributed by atoms with Crippen LogP contribution in [0.2, 0.25) is 0 Å². The van der Waals surface area contributed by atoms with Gasteiger partial charge in [0.15, 0.2) is 0 Å². The van der Waals surface area contributed by atoms with E-state index in [9.17, 15) is 0 Å². The van der Waals surface area contributed by atoms with Gasteiger partial charge in [-0.15, -0.1) is 0 Å². The van der Waals surface area contributed by atoms with Crippen LogP contribution in [0.15, 0.2) is 34.9 Å². The summed E-state index contributed by atoms with van der Waals surface area (Å²) < 4.78 is 1.11. The van der Waals surface area contributed by atoms with Crippen molar-refractivity contribution in [2.24, 2.45) is 5.41 Å². The number of hydrogen-bond donors (Lipinski definition) is 0. The van der Waals surface area contributed by atoms with Crippen LogP contribution in [0.1, 0.15) is 120 Å². The standard InChI is InChI=1S/C32H51I/c1-23(2)14-11-15-24(3)16-12-17-25(4)18-13-20-32(9,10)21-19-30-27(6)26(5)28(7)31(22-33)29(30)8/h14,16,18H,11-13,15,17,19-22H2,1-10H3/b24-16+,25-18+. The van der Waals surface area contributed by atoms with Gasteiger partial charge in [0.2, 0.25) is 0 Å². The second-order valence-electron chi connectivity index (χ2n) is 11.3. The van der Waals surface area contributed by atoms with Gasteiger partial charge in [0.25, 0.3) is 0 Å². The van der Waals surface area contributed by atoms with Gasteiger partial charge in [-0.1, -0.05) is 71.4 Å². The second kappa shape index (κ2) is 14.5. The number of allylic oxidation sites excluding steroid dienone is 6. The van der Waals surface area contributed by atoms with Gasteiger partial charge >= 0.3 is 0 Å². The molecule has 0 N–H and O–H groups in total. The predicted molar refractivity (Wildman–Crippen MR) is 160 cm³/mol. The summed E-state index contributed by atoms with van der Waals surface area (Å²) in [5.74, 6) is 0. The number of benzene rings is 1. The van der Waals surface area contributed by atoms with Crippen molar-refractivity contribution < 1.29 is 0 Å². The van der Waals surface area contributed by atoms with Gasteiger partial charge in [-0.25, -0.2) is 0 Å². The Morgan fingerprint density at radius 2 is 1.18 bits per heavy atom. The molecule has 0 radical (unpaired) electrons. The van der Waals surface area contributed by atoms with Crippen molar-refractivity contribution in [2.75, 3.05) is 0 Å². The molecule has 0 aliphatic carbocycles. The van der Waals surface area contributed by atoms with E-state index in [1.807, 2.05) is 0 Å². The quantitative estimate of drug-likeness (QED) is 0.127. The van der Waals surface area contributed by atoms with Crippen molar-refractivity contribution in [1.29, 1.82) is 0 Å². The van der Waals surface area contributed by atoms with Crippen LogP contribution in [0.3, 0.4) is 0 Å². The van der Waals surface area contributed by atoms with Crippen LogP contribution >= 0.6 is 22.6 Å². The van der Waals surface area contributed by atoms with Crippen LogP contribution in [-0.2, 0) is 10.8 Å². The number of alkyl halides is 1. The van der Waals surface area contributed by atoms with E-state index < -0.39 is 0 Å². The molecule has 0 bridgehead atoms. The van der Waals surface area contributed by atoms with Gasteiger partial charge < -0.3 is 0 Å². The van der Waals surface area contributed by atoms with Crippen LogP contribution < -0.4 is 0 Å². The van der Waals surface area contributed by atoms with Crippen LogP contribution in [0.4, 0.5) is 0 Å². The number of rotatable bonds is 13. The van der Waals surface area contributed by atoms with Gasteiger partial charge in [0, 0.05) is 4.43 Å². The summed E-state index contributed by atoms with van der Waals surface area (Å²) in [5.41, 5.74) is 14.1. The summed E-state index contributed by atoms with van der Waals surface area (Å²) in [7, 11) is 0. The Bertz CT molecular complexity index is 857. The smallest absolute Gasteiger partial charge is 0.0252 e. The highest BCUT2D eigenvalue weighted by atomic mass is 127. The summed E-state index contributed by atoms with van der Waals surface area (Å²) in [4.78, 5) is 0. The molecule has 0 aromatic heterocycles. The fourth-order valence-electron chi connectivity index (χ4n) is 4.69.